The molecule has 4 rings (SSSR count). The molecule has 0 saturated heterocycles. The number of ketones is 2. The number of aryl methyl sites for hydroxylation is 1. The standard InChI is InChI=1S/C24H29N3O7/c1-9-6-13(26(2)3)11-7-10-8-12-17(27(4)5)20(30)16(23(25)33)22(32)24(12,34)21(31)14(10)19(29)15(11)18(9)28/h6,10,12,17,28-29,32,34H,7-8H2,1-5H3,(H2,25,33)/t10-,12-,17+,24-/m0/s1. The number of amides is 1. The van der Waals surface area contributed by atoms with Gasteiger partial charge in [0, 0.05) is 31.3 Å². The lowest BCUT2D eigenvalue weighted by molar-refractivity contribution is -0.153. The number of carbonyl (C=O) groups is 3. The van der Waals surface area contributed by atoms with Gasteiger partial charge in [0.25, 0.3) is 5.91 Å². The van der Waals surface area contributed by atoms with Gasteiger partial charge in [-0.3, -0.25) is 19.3 Å². The van der Waals surface area contributed by atoms with Gasteiger partial charge in [0.05, 0.1) is 11.6 Å². The van der Waals surface area contributed by atoms with E-state index in [9.17, 15) is 34.8 Å². The third-order valence-corrected chi connectivity index (χ3v) is 7.37. The highest BCUT2D eigenvalue weighted by Crippen LogP contribution is 2.53. The molecule has 3 aliphatic carbocycles. The Labute approximate surface area is 196 Å². The SMILES string of the molecule is Cc1cc(N(C)C)c2c(c1O)C(O)=C1C(=O)[C@]3(O)C(O)=C(C(N)=O)C(=O)[C@H](N(C)C)[C@@H]3C[C@@H]1C2. The van der Waals surface area contributed by atoms with Gasteiger partial charge in [-0.1, -0.05) is 0 Å². The van der Waals surface area contributed by atoms with E-state index in [2.05, 4.69) is 0 Å². The second kappa shape index (κ2) is 7.57. The Morgan fingerprint density at radius 3 is 2.29 bits per heavy atom. The first kappa shape index (κ1) is 23.8. The highest BCUT2D eigenvalue weighted by atomic mass is 16.3. The van der Waals surface area contributed by atoms with Crippen molar-refractivity contribution < 1.29 is 34.8 Å². The van der Waals surface area contributed by atoms with Crippen LogP contribution in [0.4, 0.5) is 5.69 Å². The molecule has 6 N–H and O–H groups in total. The van der Waals surface area contributed by atoms with Crippen LogP contribution >= 0.6 is 0 Å². The fraction of sp³-hybridized carbons (Fsp3) is 0.458. The number of phenols is 1. The normalized spacial score (nSPS) is 28.6. The molecule has 1 saturated carbocycles. The van der Waals surface area contributed by atoms with E-state index >= 15 is 0 Å². The molecule has 10 heteroatoms. The molecule has 1 fully saturated rings. The lowest BCUT2D eigenvalue weighted by Crippen LogP contribution is -2.65. The van der Waals surface area contributed by atoms with Crippen LogP contribution in [0.15, 0.2) is 23.0 Å². The van der Waals surface area contributed by atoms with Crippen molar-refractivity contribution in [1.82, 2.24) is 4.90 Å². The van der Waals surface area contributed by atoms with Crippen LogP contribution in [0.3, 0.4) is 0 Å². The molecule has 10 nitrogen and oxygen atoms in total. The Morgan fingerprint density at radius 1 is 1.15 bits per heavy atom. The number of nitrogens with zero attached hydrogens (tertiary/aromatic N) is 2. The summed E-state index contributed by atoms with van der Waals surface area (Å²) >= 11 is 0. The molecule has 0 spiro atoms. The molecule has 3 aliphatic rings. The Balaban J connectivity index is 2.01. The van der Waals surface area contributed by atoms with E-state index in [0.29, 0.717) is 11.1 Å². The predicted octanol–water partition coefficient (Wildman–Crippen LogP) is 0.338. The first-order valence-electron chi connectivity index (χ1n) is 10.9. The van der Waals surface area contributed by atoms with Crippen LogP contribution in [0.25, 0.3) is 5.76 Å². The van der Waals surface area contributed by atoms with E-state index in [1.165, 1.54) is 4.90 Å². The van der Waals surface area contributed by atoms with Crippen molar-refractivity contribution in [3.05, 3.63) is 39.7 Å². The summed E-state index contributed by atoms with van der Waals surface area (Å²) in [5, 5.41) is 44.4. The topological polar surface area (TPSA) is 165 Å². The van der Waals surface area contributed by atoms with E-state index in [4.69, 9.17) is 5.73 Å². The number of fused-ring (bicyclic) bond motifs is 3. The Kier molecular flexibility index (Phi) is 5.30. The molecule has 34 heavy (non-hydrogen) atoms. The second-order valence-electron chi connectivity index (χ2n) is 9.77. The van der Waals surface area contributed by atoms with Gasteiger partial charge in [0.15, 0.2) is 11.4 Å². The lowest BCUT2D eigenvalue weighted by atomic mass is 9.57. The van der Waals surface area contributed by atoms with Gasteiger partial charge in [-0.25, -0.2) is 0 Å². The van der Waals surface area contributed by atoms with Crippen molar-refractivity contribution in [3.63, 3.8) is 0 Å². The minimum Gasteiger partial charge on any atom is -0.508 e. The molecule has 4 atom stereocenters. The molecule has 0 aromatic heterocycles. The summed E-state index contributed by atoms with van der Waals surface area (Å²) in [7, 11) is 6.78. The number of carbonyl (C=O) groups excluding carboxylic acids is 3. The average molecular weight is 472 g/mol. The third-order valence-electron chi connectivity index (χ3n) is 7.37. The van der Waals surface area contributed by atoms with Crippen molar-refractivity contribution in [2.24, 2.45) is 17.6 Å². The van der Waals surface area contributed by atoms with E-state index in [1.54, 1.807) is 27.1 Å². The van der Waals surface area contributed by atoms with Crippen LogP contribution in [0, 0.1) is 18.8 Å². The molecular weight excluding hydrogens is 442 g/mol. The minimum atomic E-state index is -2.63. The van der Waals surface area contributed by atoms with E-state index < -0.39 is 58.0 Å². The fourth-order valence-corrected chi connectivity index (χ4v) is 5.82. The molecule has 1 amide bonds. The average Bonchev–Trinajstić information content (AvgIpc) is 2.72. The summed E-state index contributed by atoms with van der Waals surface area (Å²) in [5.41, 5.74) is 3.69. The summed E-state index contributed by atoms with van der Waals surface area (Å²) < 4.78 is 0. The van der Waals surface area contributed by atoms with E-state index in [0.717, 1.165) is 5.69 Å². The summed E-state index contributed by atoms with van der Waals surface area (Å²) in [6.07, 6.45) is 0.323. The Hall–Kier alpha value is -3.37. The molecule has 0 heterocycles. The maximum Gasteiger partial charge on any atom is 0.255 e. The lowest BCUT2D eigenvalue weighted by Gasteiger charge is -2.50. The van der Waals surface area contributed by atoms with Crippen molar-refractivity contribution in [2.75, 3.05) is 33.1 Å². The fourth-order valence-electron chi connectivity index (χ4n) is 5.82. The number of benzene rings is 1. The summed E-state index contributed by atoms with van der Waals surface area (Å²) in [6, 6.07) is 0.686. The van der Waals surface area contributed by atoms with Gasteiger partial charge in [-0.15, -0.1) is 0 Å². The zero-order valence-corrected chi connectivity index (χ0v) is 19.7. The number of aliphatic hydroxyl groups is 3. The van der Waals surface area contributed by atoms with Crippen LogP contribution in [-0.2, 0) is 20.8 Å². The van der Waals surface area contributed by atoms with Gasteiger partial charge in [-0.2, -0.15) is 0 Å². The molecule has 1 aromatic carbocycles. The smallest absolute Gasteiger partial charge is 0.255 e. The van der Waals surface area contributed by atoms with Crippen LogP contribution in [0.5, 0.6) is 5.75 Å². The van der Waals surface area contributed by atoms with Crippen molar-refractivity contribution >= 4 is 28.9 Å². The number of likely N-dealkylation sites (N-methyl/N-ethyl adjacent to an activating group) is 1. The molecule has 0 unspecified atom stereocenters. The number of aromatic hydroxyl groups is 1. The molecule has 0 aliphatic heterocycles. The number of aliphatic hydroxyl groups excluding tert-OH is 2. The van der Waals surface area contributed by atoms with Crippen LogP contribution in [0.2, 0.25) is 0 Å². The summed E-state index contributed by atoms with van der Waals surface area (Å²) in [5.74, 6) is -6.49. The van der Waals surface area contributed by atoms with E-state index in [1.807, 2.05) is 19.0 Å². The van der Waals surface area contributed by atoms with Crippen LogP contribution in [-0.4, -0.2) is 82.6 Å². The van der Waals surface area contributed by atoms with Crippen molar-refractivity contribution in [2.45, 2.75) is 31.4 Å². The number of rotatable bonds is 3. The summed E-state index contributed by atoms with van der Waals surface area (Å²) in [4.78, 5) is 42.2. The van der Waals surface area contributed by atoms with Gasteiger partial charge >= 0.3 is 0 Å². The Bertz CT molecular complexity index is 1210. The number of hydrogen-bond donors (Lipinski definition) is 5. The third kappa shape index (κ3) is 2.91. The van der Waals surface area contributed by atoms with Crippen molar-refractivity contribution in [3.8, 4) is 5.75 Å². The number of Topliss-reactive ketones (excluding diaryl/α,β-unsaturated/α-hetero) is 2. The quantitative estimate of drug-likeness (QED) is 0.391. The largest absolute Gasteiger partial charge is 0.508 e. The number of anilines is 1. The molecule has 0 bridgehead atoms. The highest BCUT2D eigenvalue weighted by Gasteiger charge is 2.64. The maximum atomic E-state index is 13.8. The Morgan fingerprint density at radius 2 is 1.76 bits per heavy atom. The number of nitrogens with two attached hydrogens (primary N) is 1. The van der Waals surface area contributed by atoms with Gasteiger partial charge in [0.1, 0.15) is 22.8 Å². The molecule has 182 valence electrons. The zero-order valence-electron chi connectivity index (χ0n) is 19.7. The first-order valence-corrected chi connectivity index (χ1v) is 10.9. The first-order chi connectivity index (χ1) is 15.7. The van der Waals surface area contributed by atoms with E-state index in [-0.39, 0.29) is 29.7 Å². The molecular formula is C24H29N3O7. The summed E-state index contributed by atoms with van der Waals surface area (Å²) in [6.45, 7) is 1.67. The zero-order chi connectivity index (χ0) is 25.4. The van der Waals surface area contributed by atoms with Gasteiger partial charge in [-0.05, 0) is 57.0 Å². The van der Waals surface area contributed by atoms with Crippen molar-refractivity contribution in [1.29, 1.82) is 0 Å². The number of hydrogen-bond acceptors (Lipinski definition) is 9. The minimum absolute atomic E-state index is 0.0628. The van der Waals surface area contributed by atoms with Crippen LogP contribution in [0.1, 0.15) is 23.1 Å². The molecule has 0 radical (unpaired) electrons. The highest BCUT2D eigenvalue weighted by molar-refractivity contribution is 6.24. The molecule has 1 aromatic rings. The number of phenolic OH excluding ortho intramolecular Hbond substituents is 1. The van der Waals surface area contributed by atoms with Gasteiger partial charge in [0.2, 0.25) is 5.78 Å². The second-order valence-corrected chi connectivity index (χ2v) is 9.77. The monoisotopic (exact) mass is 471 g/mol. The van der Waals surface area contributed by atoms with Crippen LogP contribution < -0.4 is 10.6 Å². The van der Waals surface area contributed by atoms with Gasteiger partial charge < -0.3 is 31.1 Å². The predicted molar refractivity (Wildman–Crippen MR) is 123 cm³/mol. The maximum absolute atomic E-state index is 13.8. The number of primary amides is 1.